The Balaban J connectivity index is 1.49. The van der Waals surface area contributed by atoms with E-state index in [2.05, 4.69) is 0 Å². The molecule has 1 aromatic carbocycles. The Morgan fingerprint density at radius 1 is 1.14 bits per heavy atom. The Hall–Kier alpha value is -2.71. The van der Waals surface area contributed by atoms with Gasteiger partial charge in [-0.2, -0.15) is 0 Å². The number of aliphatic hydroxyl groups is 6. The smallest absolute Gasteiger partial charge is 0.306 e. The molecule has 6 rings (SSSR count). The molecule has 1 saturated heterocycles. The minimum absolute atomic E-state index is 0.00509. The quantitative estimate of drug-likeness (QED) is 0.175. The van der Waals surface area contributed by atoms with E-state index in [0.717, 1.165) is 0 Å². The topological polar surface area (TPSA) is 189 Å². The zero-order valence-corrected chi connectivity index (χ0v) is 23.5. The maximum Gasteiger partial charge on any atom is 0.306 e. The Bertz CT molecular complexity index is 1370. The first-order valence-electron chi connectivity index (χ1n) is 14.4. The van der Waals surface area contributed by atoms with Crippen LogP contribution in [0.4, 0.5) is 0 Å². The third kappa shape index (κ3) is 3.83. The Labute approximate surface area is 242 Å². The van der Waals surface area contributed by atoms with Crippen LogP contribution >= 0.6 is 0 Å². The van der Waals surface area contributed by atoms with Gasteiger partial charge in [0, 0.05) is 29.1 Å². The summed E-state index contributed by atoms with van der Waals surface area (Å²) in [6.07, 6.45) is -0.423. The van der Waals surface area contributed by atoms with Crippen LogP contribution in [-0.4, -0.2) is 99.3 Å². The van der Waals surface area contributed by atoms with Gasteiger partial charge in [-0.25, -0.2) is 0 Å². The second-order valence-corrected chi connectivity index (χ2v) is 11.9. The molecule has 0 radical (unpaired) electrons. The van der Waals surface area contributed by atoms with Crippen molar-refractivity contribution in [2.75, 3.05) is 26.9 Å². The zero-order valence-electron chi connectivity index (χ0n) is 23.5. The lowest BCUT2D eigenvalue weighted by Gasteiger charge is -2.70. The predicted octanol–water partition coefficient (Wildman–Crippen LogP) is 0.422. The molecule has 6 bridgehead atoms. The molecular formula is C30H38O12. The molecule has 2 heterocycles. The fourth-order valence-corrected chi connectivity index (χ4v) is 8.21. The van der Waals surface area contributed by atoms with Gasteiger partial charge in [-0.1, -0.05) is 12.2 Å². The maximum atomic E-state index is 12.6. The van der Waals surface area contributed by atoms with Gasteiger partial charge >= 0.3 is 5.97 Å². The van der Waals surface area contributed by atoms with Crippen LogP contribution in [-0.2, 0) is 20.7 Å². The number of aliphatic hydroxyl groups excluding tert-OH is 4. The van der Waals surface area contributed by atoms with Crippen LogP contribution in [0.3, 0.4) is 0 Å². The molecule has 1 aliphatic heterocycles. The minimum atomic E-state index is -2.36. The fourth-order valence-electron chi connectivity index (χ4n) is 8.21. The summed E-state index contributed by atoms with van der Waals surface area (Å²) in [5.74, 6) is -2.41. The van der Waals surface area contributed by atoms with Crippen LogP contribution < -0.4 is 9.47 Å². The number of carbonyl (C=O) groups is 1. The first-order valence-corrected chi connectivity index (χ1v) is 14.4. The monoisotopic (exact) mass is 590 g/mol. The van der Waals surface area contributed by atoms with Crippen molar-refractivity contribution in [3.63, 3.8) is 0 Å². The molecular weight excluding hydrogens is 552 g/mol. The van der Waals surface area contributed by atoms with Crippen molar-refractivity contribution in [1.82, 2.24) is 0 Å². The van der Waals surface area contributed by atoms with Crippen molar-refractivity contribution in [2.45, 2.75) is 68.4 Å². The molecule has 3 fully saturated rings. The van der Waals surface area contributed by atoms with E-state index in [1.165, 1.54) is 13.4 Å². The molecule has 6 N–H and O–H groups in total. The summed E-state index contributed by atoms with van der Waals surface area (Å²) in [6, 6.07) is 3.46. The largest absolute Gasteiger partial charge is 0.490 e. The molecule has 0 unspecified atom stereocenters. The number of aryl methyl sites for hydroxylation is 1. The highest BCUT2D eigenvalue weighted by atomic mass is 16.7. The molecule has 12 nitrogen and oxygen atoms in total. The van der Waals surface area contributed by atoms with Gasteiger partial charge in [-0.15, -0.1) is 0 Å². The summed E-state index contributed by atoms with van der Waals surface area (Å²) < 4.78 is 28.9. The van der Waals surface area contributed by atoms with E-state index in [1.54, 1.807) is 31.2 Å². The number of furan rings is 1. The number of ether oxygens (including phenoxy) is 4. The van der Waals surface area contributed by atoms with Crippen LogP contribution in [0, 0.1) is 23.2 Å². The number of carbonyl (C=O) groups excluding carboxylic acids is 1. The van der Waals surface area contributed by atoms with Gasteiger partial charge in [0.05, 0.1) is 39.3 Å². The van der Waals surface area contributed by atoms with E-state index < -0.39 is 78.2 Å². The van der Waals surface area contributed by atoms with Gasteiger partial charge in [0.1, 0.15) is 17.8 Å². The highest BCUT2D eigenvalue weighted by Crippen LogP contribution is 2.66. The highest BCUT2D eigenvalue weighted by molar-refractivity contribution is 5.87. The van der Waals surface area contributed by atoms with E-state index in [0.29, 0.717) is 29.4 Å². The molecule has 42 heavy (non-hydrogen) atoms. The lowest BCUT2D eigenvalue weighted by molar-refractivity contribution is -0.414. The number of esters is 1. The molecule has 2 saturated carbocycles. The lowest BCUT2D eigenvalue weighted by Crippen LogP contribution is -2.85. The number of hydrogen-bond donors (Lipinski definition) is 6. The van der Waals surface area contributed by atoms with Gasteiger partial charge in [0.15, 0.2) is 16.9 Å². The van der Waals surface area contributed by atoms with Crippen molar-refractivity contribution >= 4 is 16.9 Å². The molecule has 230 valence electrons. The molecule has 0 amide bonds. The van der Waals surface area contributed by atoms with E-state index >= 15 is 0 Å². The SMILES string of the molecule is CCOC(=O)CCc1cc2ccoc2c(OC)c1O[C@H]1O[C@H](CO)[C@]2(O)[C@H](O)[C@]1(O)[C@@H]1[C@H]3CC[C@@H](O)[C@@]1(CO)C=C[C@@H]32. The summed E-state index contributed by atoms with van der Waals surface area (Å²) in [5, 5.41) is 69.1. The van der Waals surface area contributed by atoms with Crippen molar-refractivity contribution in [3.05, 3.63) is 36.1 Å². The van der Waals surface area contributed by atoms with Crippen molar-refractivity contribution in [1.29, 1.82) is 0 Å². The number of methoxy groups -OCH3 is 1. The first kappa shape index (κ1) is 29.4. The second kappa shape index (κ2) is 10.5. The maximum absolute atomic E-state index is 12.6. The van der Waals surface area contributed by atoms with Crippen LogP contribution in [0.5, 0.6) is 11.5 Å². The summed E-state index contributed by atoms with van der Waals surface area (Å²) in [7, 11) is 1.40. The van der Waals surface area contributed by atoms with Crippen LogP contribution in [0.1, 0.15) is 31.7 Å². The standard InChI is InChI=1S/C30H38O12/c1-3-39-21(34)7-4-15-12-16-9-11-40-22(16)24(38-2)23(15)42-27-30(37)25-17-5-6-19(33)28(25,14-32)10-8-18(17)29(36,26(30)35)20(13-31)41-27/h8-12,17-20,25-27,31-33,35-37H,3-7,13-14H2,1-2H3/t17-,18-,19+,20+,25+,26-,27+,28-,29-,30+/m0/s1. The van der Waals surface area contributed by atoms with Crippen molar-refractivity contribution in [3.8, 4) is 11.5 Å². The van der Waals surface area contributed by atoms with E-state index in [-0.39, 0.29) is 30.9 Å². The first-order chi connectivity index (χ1) is 20.1. The molecule has 1 aromatic heterocycles. The lowest BCUT2D eigenvalue weighted by atomic mass is 9.41. The number of fused-ring (bicyclic) bond motifs is 4. The highest BCUT2D eigenvalue weighted by Gasteiger charge is 2.79. The third-order valence-electron chi connectivity index (χ3n) is 10.1. The molecule has 3 aliphatic carbocycles. The fraction of sp³-hybridized carbons (Fsp3) is 0.633. The van der Waals surface area contributed by atoms with Gasteiger partial charge in [0.25, 0.3) is 0 Å². The number of hydrogen-bond acceptors (Lipinski definition) is 12. The van der Waals surface area contributed by atoms with Gasteiger partial charge in [-0.3, -0.25) is 4.79 Å². The van der Waals surface area contributed by atoms with E-state index in [1.807, 2.05) is 0 Å². The van der Waals surface area contributed by atoms with Crippen LogP contribution in [0.15, 0.2) is 35.0 Å². The second-order valence-electron chi connectivity index (χ2n) is 11.9. The molecule has 4 aliphatic rings. The van der Waals surface area contributed by atoms with Gasteiger partial charge in [-0.05, 0) is 49.8 Å². The number of benzene rings is 1. The molecule has 10 atom stereocenters. The van der Waals surface area contributed by atoms with Crippen molar-refractivity contribution < 1.29 is 58.8 Å². The number of rotatable bonds is 9. The molecule has 0 spiro atoms. The van der Waals surface area contributed by atoms with E-state index in [4.69, 9.17) is 23.4 Å². The minimum Gasteiger partial charge on any atom is -0.490 e. The summed E-state index contributed by atoms with van der Waals surface area (Å²) in [5.41, 5.74) is -4.99. The zero-order chi connectivity index (χ0) is 30.0. The average molecular weight is 591 g/mol. The third-order valence-corrected chi connectivity index (χ3v) is 10.1. The van der Waals surface area contributed by atoms with Gasteiger partial charge < -0.3 is 54.0 Å². The normalized spacial score (nSPS) is 40.1. The van der Waals surface area contributed by atoms with Gasteiger partial charge in [0.2, 0.25) is 12.0 Å². The van der Waals surface area contributed by atoms with E-state index in [9.17, 15) is 35.4 Å². The molecule has 12 heteroatoms. The molecule has 2 aromatic rings. The van der Waals surface area contributed by atoms with Crippen molar-refractivity contribution in [2.24, 2.45) is 23.2 Å². The van der Waals surface area contributed by atoms with Crippen LogP contribution in [0.25, 0.3) is 11.0 Å². The Morgan fingerprint density at radius 2 is 1.93 bits per heavy atom. The summed E-state index contributed by atoms with van der Waals surface area (Å²) in [4.78, 5) is 12.2. The van der Waals surface area contributed by atoms with Crippen LogP contribution in [0.2, 0.25) is 0 Å². The summed E-state index contributed by atoms with van der Waals surface area (Å²) in [6.45, 7) is 0.700. The Morgan fingerprint density at radius 3 is 2.62 bits per heavy atom. The summed E-state index contributed by atoms with van der Waals surface area (Å²) >= 11 is 0. The average Bonchev–Trinajstić information content (AvgIpc) is 3.45. The Kier molecular flexibility index (Phi) is 7.32. The predicted molar refractivity (Wildman–Crippen MR) is 144 cm³/mol.